The number of esters is 1. The minimum absolute atomic E-state index is 0.154. The molecule has 0 spiro atoms. The fraction of sp³-hybridized carbons (Fsp3) is 0.385. The zero-order chi connectivity index (χ0) is 13.4. The van der Waals surface area contributed by atoms with Crippen LogP contribution in [0.5, 0.6) is 0 Å². The van der Waals surface area contributed by atoms with Crippen LogP contribution < -0.4 is 11.1 Å². The normalized spacial score (nSPS) is 11.7. The Morgan fingerprint density at radius 3 is 2.61 bits per heavy atom. The van der Waals surface area contributed by atoms with Gasteiger partial charge >= 0.3 is 5.97 Å². The van der Waals surface area contributed by atoms with Gasteiger partial charge in [-0.2, -0.15) is 0 Å². The van der Waals surface area contributed by atoms with Crippen LogP contribution >= 0.6 is 0 Å². The molecule has 1 aromatic carbocycles. The third kappa shape index (κ3) is 4.55. The lowest BCUT2D eigenvalue weighted by atomic mass is 10.1. The maximum absolute atomic E-state index is 11.7. The van der Waals surface area contributed by atoms with Crippen LogP contribution in [0.1, 0.15) is 24.9 Å². The zero-order valence-electron chi connectivity index (χ0n) is 10.4. The number of nitrogens with one attached hydrogen (secondary N) is 1. The van der Waals surface area contributed by atoms with Crippen molar-refractivity contribution in [2.75, 3.05) is 13.2 Å². The maximum Gasteiger partial charge on any atom is 0.307 e. The van der Waals surface area contributed by atoms with Gasteiger partial charge in [-0.05, 0) is 12.5 Å². The molecule has 98 valence electrons. The van der Waals surface area contributed by atoms with Gasteiger partial charge in [0, 0.05) is 6.54 Å². The molecule has 0 bridgehead atoms. The Hall–Kier alpha value is -1.88. The quantitative estimate of drug-likeness (QED) is 0.730. The fourth-order valence-electron chi connectivity index (χ4n) is 1.44. The number of benzene rings is 1. The highest BCUT2D eigenvalue weighted by Crippen LogP contribution is 2.08. The van der Waals surface area contributed by atoms with Gasteiger partial charge in [-0.1, -0.05) is 30.3 Å². The van der Waals surface area contributed by atoms with Gasteiger partial charge in [0.1, 0.15) is 6.04 Å². The first kappa shape index (κ1) is 14.2. The van der Waals surface area contributed by atoms with Crippen LogP contribution in [-0.4, -0.2) is 25.0 Å². The summed E-state index contributed by atoms with van der Waals surface area (Å²) in [7, 11) is 0. The summed E-state index contributed by atoms with van der Waals surface area (Å²) in [6.45, 7) is 2.32. The molecule has 1 amide bonds. The molecular formula is C13H18N2O3. The monoisotopic (exact) mass is 250 g/mol. The van der Waals surface area contributed by atoms with Gasteiger partial charge in [0.15, 0.2) is 0 Å². The van der Waals surface area contributed by atoms with Crippen molar-refractivity contribution in [3.63, 3.8) is 0 Å². The molecule has 0 fully saturated rings. The van der Waals surface area contributed by atoms with Gasteiger partial charge in [-0.15, -0.1) is 0 Å². The SMILES string of the molecule is CCOC(=O)CCNC(=O)[C@H](N)c1ccccc1. The van der Waals surface area contributed by atoms with Crippen molar-refractivity contribution in [1.29, 1.82) is 0 Å². The van der Waals surface area contributed by atoms with E-state index < -0.39 is 6.04 Å². The van der Waals surface area contributed by atoms with E-state index >= 15 is 0 Å². The molecule has 1 atom stereocenters. The van der Waals surface area contributed by atoms with Crippen LogP contribution in [0.3, 0.4) is 0 Å². The minimum Gasteiger partial charge on any atom is -0.466 e. The van der Waals surface area contributed by atoms with E-state index in [0.29, 0.717) is 6.61 Å². The summed E-state index contributed by atoms with van der Waals surface area (Å²) in [6, 6.07) is 8.36. The molecule has 0 unspecified atom stereocenters. The number of amides is 1. The Balaban J connectivity index is 2.35. The predicted molar refractivity (Wildman–Crippen MR) is 67.6 cm³/mol. The maximum atomic E-state index is 11.7. The summed E-state index contributed by atoms with van der Waals surface area (Å²) >= 11 is 0. The number of carbonyl (C=O) groups is 2. The second-order valence-electron chi connectivity index (χ2n) is 3.73. The van der Waals surface area contributed by atoms with Gasteiger partial charge in [0.05, 0.1) is 13.0 Å². The number of ether oxygens (including phenoxy) is 1. The number of carbonyl (C=O) groups excluding carboxylic acids is 2. The first-order chi connectivity index (χ1) is 8.65. The second kappa shape index (κ2) is 7.45. The third-order valence-electron chi connectivity index (χ3n) is 2.37. The predicted octanol–water partition coefficient (Wildman–Crippen LogP) is 0.756. The van der Waals surface area contributed by atoms with E-state index in [1.165, 1.54) is 0 Å². The van der Waals surface area contributed by atoms with Crippen molar-refractivity contribution in [3.8, 4) is 0 Å². The summed E-state index contributed by atoms with van der Waals surface area (Å²) in [6.07, 6.45) is 0.154. The molecule has 5 nitrogen and oxygen atoms in total. The second-order valence-corrected chi connectivity index (χ2v) is 3.73. The molecule has 0 radical (unpaired) electrons. The summed E-state index contributed by atoms with van der Waals surface area (Å²) < 4.78 is 4.75. The van der Waals surface area contributed by atoms with Crippen molar-refractivity contribution in [3.05, 3.63) is 35.9 Å². The summed E-state index contributed by atoms with van der Waals surface area (Å²) in [5, 5.41) is 2.61. The van der Waals surface area contributed by atoms with Crippen molar-refractivity contribution in [2.45, 2.75) is 19.4 Å². The lowest BCUT2D eigenvalue weighted by Crippen LogP contribution is -2.35. The molecule has 0 heterocycles. The van der Waals surface area contributed by atoms with E-state index in [0.717, 1.165) is 5.56 Å². The van der Waals surface area contributed by atoms with Gasteiger partial charge in [0.25, 0.3) is 0 Å². The number of nitrogens with two attached hydrogens (primary N) is 1. The molecule has 0 aliphatic heterocycles. The molecule has 3 N–H and O–H groups in total. The van der Waals surface area contributed by atoms with Gasteiger partial charge in [0.2, 0.25) is 5.91 Å². The van der Waals surface area contributed by atoms with E-state index in [4.69, 9.17) is 10.5 Å². The van der Waals surface area contributed by atoms with Crippen LogP contribution in [0.2, 0.25) is 0 Å². The molecule has 0 saturated carbocycles. The fourth-order valence-corrected chi connectivity index (χ4v) is 1.44. The topological polar surface area (TPSA) is 81.4 Å². The smallest absolute Gasteiger partial charge is 0.307 e. The minimum atomic E-state index is -0.714. The van der Waals surface area contributed by atoms with Gasteiger partial charge in [-0.3, -0.25) is 9.59 Å². The highest BCUT2D eigenvalue weighted by Gasteiger charge is 2.15. The Bertz CT molecular complexity index is 392. The molecule has 0 saturated heterocycles. The Morgan fingerprint density at radius 2 is 2.00 bits per heavy atom. The standard InChI is InChI=1S/C13H18N2O3/c1-2-18-11(16)8-9-15-13(17)12(14)10-6-4-3-5-7-10/h3-7,12H,2,8-9,14H2,1H3,(H,15,17)/t12-/m1/s1. The Labute approximate surface area is 106 Å². The molecular weight excluding hydrogens is 232 g/mol. The van der Waals surface area contributed by atoms with Crippen molar-refractivity contribution in [1.82, 2.24) is 5.32 Å². The van der Waals surface area contributed by atoms with E-state index in [2.05, 4.69) is 5.32 Å². The molecule has 0 aliphatic carbocycles. The van der Waals surface area contributed by atoms with E-state index in [1.54, 1.807) is 19.1 Å². The van der Waals surface area contributed by atoms with Crippen molar-refractivity contribution >= 4 is 11.9 Å². The Kier molecular flexibility index (Phi) is 5.87. The number of hydrogen-bond donors (Lipinski definition) is 2. The summed E-state index contributed by atoms with van der Waals surface area (Å²) in [4.78, 5) is 22.8. The highest BCUT2D eigenvalue weighted by molar-refractivity contribution is 5.83. The molecule has 18 heavy (non-hydrogen) atoms. The van der Waals surface area contributed by atoms with Gasteiger partial charge < -0.3 is 15.8 Å². The van der Waals surface area contributed by atoms with Crippen molar-refractivity contribution < 1.29 is 14.3 Å². The first-order valence-electron chi connectivity index (χ1n) is 5.89. The average Bonchev–Trinajstić information content (AvgIpc) is 2.39. The summed E-state index contributed by atoms with van der Waals surface area (Å²) in [5.41, 5.74) is 6.53. The third-order valence-corrected chi connectivity index (χ3v) is 2.37. The number of rotatable bonds is 6. The van der Waals surface area contributed by atoms with Crippen LogP contribution in [0.25, 0.3) is 0 Å². The largest absolute Gasteiger partial charge is 0.466 e. The highest BCUT2D eigenvalue weighted by atomic mass is 16.5. The molecule has 1 aromatic rings. The number of hydrogen-bond acceptors (Lipinski definition) is 4. The lowest BCUT2D eigenvalue weighted by molar-refractivity contribution is -0.143. The van der Waals surface area contributed by atoms with E-state index in [-0.39, 0.29) is 24.8 Å². The molecule has 0 aliphatic rings. The Morgan fingerprint density at radius 1 is 1.33 bits per heavy atom. The molecule has 1 rings (SSSR count). The summed E-state index contributed by atoms with van der Waals surface area (Å²) in [5.74, 6) is -0.628. The molecule has 5 heteroatoms. The average molecular weight is 250 g/mol. The van der Waals surface area contributed by atoms with Crippen LogP contribution in [0.4, 0.5) is 0 Å². The van der Waals surface area contributed by atoms with E-state index in [9.17, 15) is 9.59 Å². The zero-order valence-corrected chi connectivity index (χ0v) is 10.4. The molecule has 0 aromatic heterocycles. The van der Waals surface area contributed by atoms with Gasteiger partial charge in [-0.25, -0.2) is 0 Å². The van der Waals surface area contributed by atoms with Crippen LogP contribution in [0, 0.1) is 0 Å². The lowest BCUT2D eigenvalue weighted by Gasteiger charge is -2.12. The van der Waals surface area contributed by atoms with Crippen molar-refractivity contribution in [2.24, 2.45) is 5.73 Å². The van der Waals surface area contributed by atoms with E-state index in [1.807, 2.05) is 18.2 Å². The van der Waals surface area contributed by atoms with Crippen LogP contribution in [0.15, 0.2) is 30.3 Å². The van der Waals surface area contributed by atoms with Crippen LogP contribution in [-0.2, 0) is 14.3 Å². The first-order valence-corrected chi connectivity index (χ1v) is 5.89.